The number of amidine groups is 2. The van der Waals surface area contributed by atoms with Crippen LogP contribution in [0.2, 0.25) is 5.02 Å². The van der Waals surface area contributed by atoms with E-state index in [1.807, 2.05) is 48.7 Å². The number of amides is 1. The summed E-state index contributed by atoms with van der Waals surface area (Å²) in [6.45, 7) is 6.08. The number of hydrogen-bond donors (Lipinski definition) is 1. The molecule has 0 unspecified atom stereocenters. The van der Waals surface area contributed by atoms with Gasteiger partial charge in [-0.2, -0.15) is 15.1 Å². The third kappa shape index (κ3) is 3.63. The van der Waals surface area contributed by atoms with E-state index in [1.165, 1.54) is 16.8 Å². The zero-order valence-electron chi connectivity index (χ0n) is 17.1. The summed E-state index contributed by atoms with van der Waals surface area (Å²) in [4.78, 5) is 16.9. The highest BCUT2D eigenvalue weighted by atomic mass is 35.5. The summed E-state index contributed by atoms with van der Waals surface area (Å²) in [5.74, 6) is -0.347. The van der Waals surface area contributed by atoms with Crippen molar-refractivity contribution in [2.75, 3.05) is 0 Å². The van der Waals surface area contributed by atoms with Crippen LogP contribution < -0.4 is 0 Å². The van der Waals surface area contributed by atoms with Crippen molar-refractivity contribution in [3.8, 4) is 5.69 Å². The maximum Gasteiger partial charge on any atom is 0.283 e. The van der Waals surface area contributed by atoms with E-state index in [9.17, 15) is 4.79 Å². The minimum Gasteiger partial charge on any atom is -0.316 e. The molecule has 1 N–H and O–H groups in total. The fourth-order valence-electron chi connectivity index (χ4n) is 3.55. The Labute approximate surface area is 184 Å². The lowest BCUT2D eigenvalue weighted by atomic mass is 10.1. The molecule has 0 atom stereocenters. The number of aryl methyl sites for hydroxylation is 1. The highest BCUT2D eigenvalue weighted by Gasteiger charge is 2.35. The molecule has 8 heteroatoms. The predicted octanol–water partition coefficient (Wildman–Crippen LogP) is 5.56. The van der Waals surface area contributed by atoms with Crippen molar-refractivity contribution >= 4 is 51.4 Å². The van der Waals surface area contributed by atoms with Crippen LogP contribution in [0, 0.1) is 19.3 Å². The van der Waals surface area contributed by atoms with Crippen molar-refractivity contribution in [2.24, 2.45) is 10.1 Å². The van der Waals surface area contributed by atoms with Crippen LogP contribution in [0.15, 0.2) is 46.0 Å². The minimum absolute atomic E-state index is 0.0616. The number of carbonyl (C=O) groups is 1. The summed E-state index contributed by atoms with van der Waals surface area (Å²) in [6, 6.07) is 9.62. The summed E-state index contributed by atoms with van der Waals surface area (Å²) in [7, 11) is 0. The van der Waals surface area contributed by atoms with Crippen LogP contribution in [0.1, 0.15) is 43.1 Å². The summed E-state index contributed by atoms with van der Waals surface area (Å²) >= 11 is 7.77. The first kappa shape index (κ1) is 20.6. The lowest BCUT2D eigenvalue weighted by Crippen LogP contribution is -2.35. The first-order valence-electron chi connectivity index (χ1n) is 9.83. The van der Waals surface area contributed by atoms with E-state index in [1.54, 1.807) is 6.08 Å². The second kappa shape index (κ2) is 8.24. The Balaban J connectivity index is 1.70. The first-order valence-corrected chi connectivity index (χ1v) is 11.0. The monoisotopic (exact) mass is 439 g/mol. The molecule has 0 radical (unpaired) electrons. The number of thioether (sulfide) groups is 1. The van der Waals surface area contributed by atoms with Crippen LogP contribution in [0.4, 0.5) is 0 Å². The molecule has 0 spiro atoms. The van der Waals surface area contributed by atoms with Crippen molar-refractivity contribution in [3.05, 3.63) is 57.9 Å². The van der Waals surface area contributed by atoms with Gasteiger partial charge >= 0.3 is 0 Å². The van der Waals surface area contributed by atoms with Crippen LogP contribution in [0.3, 0.4) is 0 Å². The summed E-state index contributed by atoms with van der Waals surface area (Å²) in [5.41, 5.74) is 3.89. The average molecular weight is 440 g/mol. The number of para-hydroxylation sites is 1. The topological polar surface area (TPSA) is 73.8 Å². The number of aliphatic imine (C=N–C) groups is 1. The fourth-order valence-corrected chi connectivity index (χ4v) is 4.70. The number of aromatic nitrogens is 1. The number of rotatable bonds is 5. The Morgan fingerprint density at radius 3 is 2.77 bits per heavy atom. The van der Waals surface area contributed by atoms with E-state index in [2.05, 4.69) is 17.0 Å². The average Bonchev–Trinajstić information content (AvgIpc) is 3.24. The highest BCUT2D eigenvalue weighted by Crippen LogP contribution is 2.32. The molecule has 0 bridgehead atoms. The van der Waals surface area contributed by atoms with E-state index in [4.69, 9.17) is 17.0 Å². The number of hydrogen-bond acceptors (Lipinski definition) is 4. The molecule has 0 fully saturated rings. The molecule has 154 valence electrons. The second-order valence-corrected chi connectivity index (χ2v) is 8.68. The summed E-state index contributed by atoms with van der Waals surface area (Å²) in [6.07, 6.45) is 4.64. The van der Waals surface area contributed by atoms with Gasteiger partial charge in [0.15, 0.2) is 5.84 Å². The van der Waals surface area contributed by atoms with Gasteiger partial charge in [0, 0.05) is 11.4 Å². The van der Waals surface area contributed by atoms with Gasteiger partial charge in [-0.1, -0.05) is 37.1 Å². The molecule has 4 rings (SSSR count). The number of nitrogens with one attached hydrogen (secondary N) is 1. The van der Waals surface area contributed by atoms with Gasteiger partial charge in [-0.15, -0.1) is 0 Å². The van der Waals surface area contributed by atoms with Gasteiger partial charge < -0.3 is 4.57 Å². The SMILES string of the molecule is CCCCC1=NN2C(=N)C(=Cc3cc(C)n(-c4ccccc4Cl)c3C)C(=O)N=C2S1. The van der Waals surface area contributed by atoms with Crippen LogP contribution in [0.5, 0.6) is 0 Å². The van der Waals surface area contributed by atoms with Gasteiger partial charge in [0.25, 0.3) is 5.91 Å². The normalized spacial score (nSPS) is 17.5. The summed E-state index contributed by atoms with van der Waals surface area (Å²) < 4.78 is 2.05. The van der Waals surface area contributed by atoms with Crippen LogP contribution in [-0.2, 0) is 4.79 Å². The molecule has 1 aromatic heterocycles. The number of halogens is 1. The van der Waals surface area contributed by atoms with E-state index in [0.717, 1.165) is 46.9 Å². The number of nitrogens with zero attached hydrogens (tertiary/aromatic N) is 4. The Hall–Kier alpha value is -2.64. The minimum atomic E-state index is -0.409. The molecule has 0 saturated carbocycles. The fraction of sp³-hybridized carbons (Fsp3) is 0.273. The summed E-state index contributed by atoms with van der Waals surface area (Å²) in [5, 5.41) is 16.5. The van der Waals surface area contributed by atoms with Crippen LogP contribution >= 0.6 is 23.4 Å². The largest absolute Gasteiger partial charge is 0.316 e. The van der Waals surface area contributed by atoms with Crippen molar-refractivity contribution < 1.29 is 4.79 Å². The molecule has 0 aliphatic carbocycles. The van der Waals surface area contributed by atoms with Crippen molar-refractivity contribution in [2.45, 2.75) is 40.0 Å². The van der Waals surface area contributed by atoms with E-state index in [-0.39, 0.29) is 11.4 Å². The molecule has 30 heavy (non-hydrogen) atoms. The molecule has 0 saturated heterocycles. The second-order valence-electron chi connectivity index (χ2n) is 7.23. The maximum atomic E-state index is 12.7. The molecule has 2 aliphatic rings. The van der Waals surface area contributed by atoms with E-state index in [0.29, 0.717) is 10.2 Å². The first-order chi connectivity index (χ1) is 14.4. The number of fused-ring (bicyclic) bond motifs is 1. The number of unbranched alkanes of at least 4 members (excludes halogenated alkanes) is 1. The maximum absolute atomic E-state index is 12.7. The lowest BCUT2D eigenvalue weighted by molar-refractivity contribution is -0.114. The lowest BCUT2D eigenvalue weighted by Gasteiger charge is -2.20. The van der Waals surface area contributed by atoms with Crippen molar-refractivity contribution in [1.29, 1.82) is 5.41 Å². The van der Waals surface area contributed by atoms with Gasteiger partial charge in [0.1, 0.15) is 5.04 Å². The van der Waals surface area contributed by atoms with Crippen molar-refractivity contribution in [3.63, 3.8) is 0 Å². The van der Waals surface area contributed by atoms with Crippen LogP contribution in [-0.4, -0.2) is 31.5 Å². The molecular weight excluding hydrogens is 418 g/mol. The van der Waals surface area contributed by atoms with Gasteiger partial charge in [-0.3, -0.25) is 10.2 Å². The molecule has 6 nitrogen and oxygen atoms in total. The van der Waals surface area contributed by atoms with Gasteiger partial charge in [0.2, 0.25) is 5.17 Å². The van der Waals surface area contributed by atoms with Crippen LogP contribution in [0.25, 0.3) is 11.8 Å². The molecule has 2 aliphatic heterocycles. The Kier molecular flexibility index (Phi) is 5.66. The predicted molar refractivity (Wildman–Crippen MR) is 125 cm³/mol. The standard InChI is InChI=1S/C22H22ClN5OS/c1-4-5-10-19-26-28-20(24)16(21(29)25-22(28)30-19)12-15-11-13(2)27(14(15)3)18-9-7-6-8-17(18)23/h6-9,11-12,24H,4-5,10H2,1-3H3. The molecule has 1 amide bonds. The van der Waals surface area contributed by atoms with Gasteiger partial charge in [-0.05, 0) is 68.3 Å². The van der Waals surface area contributed by atoms with Gasteiger partial charge in [-0.25, -0.2) is 0 Å². The molecule has 2 aromatic rings. The number of hydrazone groups is 1. The highest BCUT2D eigenvalue weighted by molar-refractivity contribution is 8.26. The Morgan fingerprint density at radius 1 is 1.27 bits per heavy atom. The Bertz CT molecular complexity index is 1140. The quantitative estimate of drug-likeness (QED) is 0.620. The number of benzene rings is 1. The number of carbonyl (C=O) groups excluding carboxylic acids is 1. The zero-order valence-corrected chi connectivity index (χ0v) is 18.6. The molecule has 3 heterocycles. The van der Waals surface area contributed by atoms with Gasteiger partial charge in [0.05, 0.1) is 16.3 Å². The third-order valence-electron chi connectivity index (χ3n) is 5.10. The molecule has 1 aromatic carbocycles. The van der Waals surface area contributed by atoms with E-state index < -0.39 is 5.91 Å². The Morgan fingerprint density at radius 2 is 2.03 bits per heavy atom. The van der Waals surface area contributed by atoms with Crippen molar-refractivity contribution in [1.82, 2.24) is 9.58 Å². The van der Waals surface area contributed by atoms with E-state index >= 15 is 0 Å². The smallest absolute Gasteiger partial charge is 0.283 e. The zero-order chi connectivity index (χ0) is 21.4. The third-order valence-corrected chi connectivity index (χ3v) is 6.39. The molecular formula is C22H22ClN5OS.